The van der Waals surface area contributed by atoms with Gasteiger partial charge in [-0.05, 0) is 12.8 Å². The first-order valence-electron chi connectivity index (χ1n) is 4.29. The first-order chi connectivity index (χ1) is 5.90. The van der Waals surface area contributed by atoms with Crippen molar-refractivity contribution in [2.24, 2.45) is 0 Å². The number of ether oxygens (including phenoxy) is 1. The summed E-state index contributed by atoms with van der Waals surface area (Å²) in [5.74, 6) is 0.00796. The topological polar surface area (TPSA) is 63.6 Å². The van der Waals surface area contributed by atoms with E-state index in [9.17, 15) is 13.5 Å². The maximum Gasteiger partial charge on any atom is 0.147 e. The Balaban J connectivity index is 3.92. The van der Waals surface area contributed by atoms with Crippen LogP contribution in [0.1, 0.15) is 19.8 Å². The molecule has 2 atom stereocenters. The normalized spacial score (nSPS) is 16.9. The summed E-state index contributed by atoms with van der Waals surface area (Å²) in [5, 5.41) is 9.48. The molecule has 0 aliphatic carbocycles. The van der Waals surface area contributed by atoms with Crippen LogP contribution < -0.4 is 0 Å². The molecule has 0 aromatic carbocycles. The number of aliphatic hydroxyl groups is 1. The standard InChI is InChI=1S/C8H18O4S/c1-4-8(12-2)7(9)5-6-13(3,10)11/h7-9H,4-6H2,1-3H3. The van der Waals surface area contributed by atoms with E-state index in [0.717, 1.165) is 6.26 Å². The van der Waals surface area contributed by atoms with Crippen LogP contribution in [0.5, 0.6) is 0 Å². The van der Waals surface area contributed by atoms with Crippen molar-refractivity contribution in [3.8, 4) is 0 Å². The van der Waals surface area contributed by atoms with Gasteiger partial charge in [-0.1, -0.05) is 6.92 Å². The van der Waals surface area contributed by atoms with Crippen molar-refractivity contribution in [2.75, 3.05) is 19.1 Å². The molecule has 13 heavy (non-hydrogen) atoms. The van der Waals surface area contributed by atoms with Gasteiger partial charge in [-0.3, -0.25) is 0 Å². The Morgan fingerprint density at radius 3 is 2.31 bits per heavy atom. The lowest BCUT2D eigenvalue weighted by molar-refractivity contribution is -0.0144. The van der Waals surface area contributed by atoms with E-state index in [4.69, 9.17) is 4.74 Å². The summed E-state index contributed by atoms with van der Waals surface area (Å²) in [6, 6.07) is 0. The van der Waals surface area contributed by atoms with Crippen LogP contribution in [0.4, 0.5) is 0 Å². The van der Waals surface area contributed by atoms with Crippen molar-refractivity contribution in [3.05, 3.63) is 0 Å². The van der Waals surface area contributed by atoms with E-state index >= 15 is 0 Å². The molecule has 5 heteroatoms. The maximum absolute atomic E-state index is 10.8. The fourth-order valence-electron chi connectivity index (χ4n) is 1.12. The largest absolute Gasteiger partial charge is 0.390 e. The molecule has 80 valence electrons. The number of rotatable bonds is 6. The zero-order valence-electron chi connectivity index (χ0n) is 8.36. The molecular weight excluding hydrogens is 192 g/mol. The molecule has 0 aliphatic heterocycles. The Labute approximate surface area is 79.8 Å². The molecule has 0 radical (unpaired) electrons. The smallest absolute Gasteiger partial charge is 0.147 e. The lowest BCUT2D eigenvalue weighted by Gasteiger charge is -2.19. The van der Waals surface area contributed by atoms with Gasteiger partial charge in [0.25, 0.3) is 0 Å². The Morgan fingerprint density at radius 1 is 1.46 bits per heavy atom. The number of hydrogen-bond donors (Lipinski definition) is 1. The summed E-state index contributed by atoms with van der Waals surface area (Å²) in [5.41, 5.74) is 0. The van der Waals surface area contributed by atoms with Gasteiger partial charge in [0, 0.05) is 13.4 Å². The lowest BCUT2D eigenvalue weighted by atomic mass is 10.1. The van der Waals surface area contributed by atoms with Crippen LogP contribution in [-0.2, 0) is 14.6 Å². The highest BCUT2D eigenvalue weighted by Gasteiger charge is 2.18. The number of hydrogen-bond acceptors (Lipinski definition) is 4. The second-order valence-corrected chi connectivity index (χ2v) is 5.43. The molecule has 0 aromatic rings. The molecule has 0 amide bonds. The molecule has 4 nitrogen and oxygen atoms in total. The molecule has 0 aliphatic rings. The van der Waals surface area contributed by atoms with Crippen LogP contribution >= 0.6 is 0 Å². The Hall–Kier alpha value is -0.130. The molecule has 0 saturated heterocycles. The molecule has 0 saturated carbocycles. The lowest BCUT2D eigenvalue weighted by Crippen LogP contribution is -2.29. The predicted molar refractivity (Wildman–Crippen MR) is 51.4 cm³/mol. The van der Waals surface area contributed by atoms with Crippen molar-refractivity contribution in [1.29, 1.82) is 0 Å². The van der Waals surface area contributed by atoms with Crippen molar-refractivity contribution in [1.82, 2.24) is 0 Å². The van der Waals surface area contributed by atoms with Crippen LogP contribution in [0, 0.1) is 0 Å². The Morgan fingerprint density at radius 2 is 2.00 bits per heavy atom. The van der Waals surface area contributed by atoms with Gasteiger partial charge in [0.05, 0.1) is 18.0 Å². The fraction of sp³-hybridized carbons (Fsp3) is 1.00. The third-order valence-corrected chi connectivity index (χ3v) is 2.90. The summed E-state index contributed by atoms with van der Waals surface area (Å²) in [6.07, 6.45) is 1.13. The summed E-state index contributed by atoms with van der Waals surface area (Å²) in [6.45, 7) is 1.89. The van der Waals surface area contributed by atoms with Gasteiger partial charge in [-0.25, -0.2) is 8.42 Å². The zero-order chi connectivity index (χ0) is 10.5. The van der Waals surface area contributed by atoms with Crippen LogP contribution in [0.3, 0.4) is 0 Å². The van der Waals surface area contributed by atoms with Crippen molar-refractivity contribution in [2.45, 2.75) is 32.0 Å². The van der Waals surface area contributed by atoms with E-state index in [1.165, 1.54) is 7.11 Å². The monoisotopic (exact) mass is 210 g/mol. The van der Waals surface area contributed by atoms with Gasteiger partial charge in [0.1, 0.15) is 9.84 Å². The number of methoxy groups -OCH3 is 1. The minimum atomic E-state index is -2.98. The highest BCUT2D eigenvalue weighted by Crippen LogP contribution is 2.07. The van der Waals surface area contributed by atoms with Crippen molar-refractivity contribution >= 4 is 9.84 Å². The molecule has 0 fully saturated rings. The number of sulfone groups is 1. The van der Waals surface area contributed by atoms with Gasteiger partial charge in [0.15, 0.2) is 0 Å². The van der Waals surface area contributed by atoms with Gasteiger partial charge >= 0.3 is 0 Å². The van der Waals surface area contributed by atoms with Gasteiger partial charge in [-0.15, -0.1) is 0 Å². The minimum Gasteiger partial charge on any atom is -0.390 e. The van der Waals surface area contributed by atoms with Gasteiger partial charge in [0.2, 0.25) is 0 Å². The average molecular weight is 210 g/mol. The Kier molecular flexibility index (Phi) is 5.51. The fourth-order valence-corrected chi connectivity index (χ4v) is 1.79. The SMILES string of the molecule is CCC(OC)C(O)CCS(C)(=O)=O. The summed E-state index contributed by atoms with van der Waals surface area (Å²) in [7, 11) is -1.47. The van der Waals surface area contributed by atoms with Crippen LogP contribution in [0.15, 0.2) is 0 Å². The van der Waals surface area contributed by atoms with Crippen LogP contribution in [0.25, 0.3) is 0 Å². The van der Waals surface area contributed by atoms with Crippen LogP contribution in [-0.4, -0.2) is 44.9 Å². The summed E-state index contributed by atoms with van der Waals surface area (Å²) >= 11 is 0. The van der Waals surface area contributed by atoms with E-state index in [0.29, 0.717) is 6.42 Å². The second-order valence-electron chi connectivity index (χ2n) is 3.17. The van der Waals surface area contributed by atoms with Gasteiger partial charge in [-0.2, -0.15) is 0 Å². The predicted octanol–water partition coefficient (Wildman–Crippen LogP) is 0.207. The summed E-state index contributed by atoms with van der Waals surface area (Å²) in [4.78, 5) is 0. The van der Waals surface area contributed by atoms with Crippen LogP contribution in [0.2, 0.25) is 0 Å². The zero-order valence-corrected chi connectivity index (χ0v) is 9.17. The molecule has 0 bridgehead atoms. The van der Waals surface area contributed by atoms with E-state index < -0.39 is 15.9 Å². The highest BCUT2D eigenvalue weighted by molar-refractivity contribution is 7.90. The van der Waals surface area contributed by atoms with E-state index in [1.54, 1.807) is 0 Å². The first-order valence-corrected chi connectivity index (χ1v) is 6.35. The third kappa shape index (κ3) is 6.01. The second kappa shape index (κ2) is 5.57. The Bertz CT molecular complexity index is 218. The minimum absolute atomic E-state index is 0.00796. The maximum atomic E-state index is 10.8. The van der Waals surface area contributed by atoms with E-state index in [-0.39, 0.29) is 18.3 Å². The first kappa shape index (κ1) is 12.9. The van der Waals surface area contributed by atoms with Crippen molar-refractivity contribution in [3.63, 3.8) is 0 Å². The molecule has 0 heterocycles. The average Bonchev–Trinajstić information content (AvgIpc) is 2.02. The van der Waals surface area contributed by atoms with Crippen molar-refractivity contribution < 1.29 is 18.3 Å². The van der Waals surface area contributed by atoms with E-state index in [2.05, 4.69) is 0 Å². The number of aliphatic hydroxyl groups excluding tert-OH is 1. The molecule has 0 rings (SSSR count). The highest BCUT2D eigenvalue weighted by atomic mass is 32.2. The molecule has 1 N–H and O–H groups in total. The molecule has 0 aromatic heterocycles. The summed E-state index contributed by atoms with van der Waals surface area (Å²) < 4.78 is 26.5. The molecule has 0 spiro atoms. The van der Waals surface area contributed by atoms with Gasteiger partial charge < -0.3 is 9.84 Å². The van der Waals surface area contributed by atoms with E-state index in [1.807, 2.05) is 6.92 Å². The quantitative estimate of drug-likeness (QED) is 0.680. The third-order valence-electron chi connectivity index (χ3n) is 1.92. The molecule has 2 unspecified atom stereocenters. The molecular formula is C8H18O4S.